The van der Waals surface area contributed by atoms with Crippen molar-refractivity contribution < 1.29 is 14.7 Å². The van der Waals surface area contributed by atoms with Gasteiger partial charge >= 0.3 is 5.97 Å². The number of aromatic nitrogens is 2. The van der Waals surface area contributed by atoms with E-state index in [1.807, 2.05) is 0 Å². The lowest BCUT2D eigenvalue weighted by atomic mass is 10.1. The Labute approximate surface area is 111 Å². The van der Waals surface area contributed by atoms with Crippen molar-refractivity contribution in [1.82, 2.24) is 20.2 Å². The Kier molecular flexibility index (Phi) is 4.16. The van der Waals surface area contributed by atoms with Gasteiger partial charge in [-0.1, -0.05) is 6.92 Å². The summed E-state index contributed by atoms with van der Waals surface area (Å²) in [7, 11) is 0. The van der Waals surface area contributed by atoms with Crippen molar-refractivity contribution in [1.29, 1.82) is 0 Å². The van der Waals surface area contributed by atoms with Crippen LogP contribution < -0.4 is 5.32 Å². The first-order valence-corrected chi connectivity index (χ1v) is 6.41. The number of likely N-dealkylation sites (tertiary alicyclic amines) is 1. The van der Waals surface area contributed by atoms with Gasteiger partial charge in [0.05, 0.1) is 6.33 Å². The molecule has 3 N–H and O–H groups in total. The van der Waals surface area contributed by atoms with Crippen molar-refractivity contribution in [2.24, 2.45) is 0 Å². The topological polar surface area (TPSA) is 98.3 Å². The molecule has 0 radical (unpaired) electrons. The molecule has 0 aliphatic carbocycles. The predicted octanol–water partition coefficient (Wildman–Crippen LogP) is 0.322. The number of H-pyrrole nitrogens is 1. The minimum atomic E-state index is -1.18. The summed E-state index contributed by atoms with van der Waals surface area (Å²) in [4.78, 5) is 31.4. The molecule has 0 saturated carbocycles. The third kappa shape index (κ3) is 3.11. The summed E-state index contributed by atoms with van der Waals surface area (Å²) in [5.74, 6) is -1.61. The molecule has 19 heavy (non-hydrogen) atoms. The second kappa shape index (κ2) is 5.83. The van der Waals surface area contributed by atoms with Gasteiger partial charge < -0.3 is 20.3 Å². The summed E-state index contributed by atoms with van der Waals surface area (Å²) in [5, 5.41) is 11.8. The lowest BCUT2D eigenvalue weighted by Crippen LogP contribution is -2.47. The number of carbonyl (C=O) groups is 2. The van der Waals surface area contributed by atoms with Gasteiger partial charge in [-0.2, -0.15) is 0 Å². The Morgan fingerprint density at radius 3 is 3.11 bits per heavy atom. The normalized spacial score (nSPS) is 20.2. The minimum absolute atomic E-state index is 0.0545. The van der Waals surface area contributed by atoms with Gasteiger partial charge in [-0.3, -0.25) is 4.79 Å². The molecule has 1 aromatic rings. The summed E-state index contributed by atoms with van der Waals surface area (Å²) >= 11 is 0. The number of amides is 1. The van der Waals surface area contributed by atoms with Crippen molar-refractivity contribution in [2.45, 2.75) is 25.8 Å². The van der Waals surface area contributed by atoms with E-state index in [1.54, 1.807) is 0 Å². The second-order valence-corrected chi connectivity index (χ2v) is 4.64. The number of carboxylic acids is 1. The Morgan fingerprint density at radius 2 is 2.42 bits per heavy atom. The molecule has 1 amide bonds. The highest BCUT2D eigenvalue weighted by Gasteiger charge is 2.24. The highest BCUT2D eigenvalue weighted by atomic mass is 16.4. The Balaban J connectivity index is 2.00. The second-order valence-electron chi connectivity index (χ2n) is 4.64. The van der Waals surface area contributed by atoms with Crippen LogP contribution in [0.5, 0.6) is 0 Å². The first kappa shape index (κ1) is 13.5. The van der Waals surface area contributed by atoms with Crippen LogP contribution in [0.1, 0.15) is 40.7 Å². The fourth-order valence-electron chi connectivity index (χ4n) is 2.34. The molecule has 0 bridgehead atoms. The molecular weight excluding hydrogens is 248 g/mol. The monoisotopic (exact) mass is 266 g/mol. The number of hydrogen-bond acceptors (Lipinski definition) is 4. The van der Waals surface area contributed by atoms with E-state index in [2.05, 4.69) is 27.1 Å². The molecule has 104 valence electrons. The lowest BCUT2D eigenvalue weighted by Gasteiger charge is -2.32. The van der Waals surface area contributed by atoms with E-state index in [0.717, 1.165) is 32.5 Å². The summed E-state index contributed by atoms with van der Waals surface area (Å²) < 4.78 is 0. The van der Waals surface area contributed by atoms with Gasteiger partial charge in [0.15, 0.2) is 11.4 Å². The van der Waals surface area contributed by atoms with Crippen LogP contribution >= 0.6 is 0 Å². The van der Waals surface area contributed by atoms with E-state index >= 15 is 0 Å². The molecule has 7 nitrogen and oxygen atoms in total. The molecular formula is C12H18N4O3. The SMILES string of the molecule is CCN1CCCC(NC(=O)c2nc[nH]c2C(=O)O)C1. The van der Waals surface area contributed by atoms with E-state index in [0.29, 0.717) is 0 Å². The van der Waals surface area contributed by atoms with Crippen molar-refractivity contribution in [2.75, 3.05) is 19.6 Å². The average Bonchev–Trinajstić information content (AvgIpc) is 2.88. The van der Waals surface area contributed by atoms with Crippen LogP contribution in [-0.2, 0) is 0 Å². The van der Waals surface area contributed by atoms with Crippen molar-refractivity contribution in [3.8, 4) is 0 Å². The van der Waals surface area contributed by atoms with Gasteiger partial charge in [0.25, 0.3) is 5.91 Å². The molecule has 7 heteroatoms. The van der Waals surface area contributed by atoms with Crippen LogP contribution in [0.25, 0.3) is 0 Å². The quantitative estimate of drug-likeness (QED) is 0.729. The fraction of sp³-hybridized carbons (Fsp3) is 0.583. The molecule has 0 aromatic carbocycles. The third-order valence-corrected chi connectivity index (χ3v) is 3.36. The van der Waals surface area contributed by atoms with Gasteiger partial charge in [0.1, 0.15) is 0 Å². The first-order valence-electron chi connectivity index (χ1n) is 6.41. The third-order valence-electron chi connectivity index (χ3n) is 3.36. The average molecular weight is 266 g/mol. The lowest BCUT2D eigenvalue weighted by molar-refractivity contribution is 0.0683. The van der Waals surface area contributed by atoms with E-state index < -0.39 is 11.9 Å². The summed E-state index contributed by atoms with van der Waals surface area (Å²) in [6.45, 7) is 4.89. The highest BCUT2D eigenvalue weighted by Crippen LogP contribution is 2.11. The number of aromatic carboxylic acids is 1. The Bertz CT molecular complexity index is 471. The molecule has 1 saturated heterocycles. The van der Waals surface area contributed by atoms with Crippen LogP contribution in [0.3, 0.4) is 0 Å². The molecule has 1 aliphatic heterocycles. The maximum atomic E-state index is 12.0. The molecule has 2 rings (SSSR count). The van der Waals surface area contributed by atoms with Crippen molar-refractivity contribution in [3.63, 3.8) is 0 Å². The number of hydrogen-bond donors (Lipinski definition) is 3. The molecule has 1 fully saturated rings. The number of carboxylic acid groups (broad SMARTS) is 1. The first-order chi connectivity index (χ1) is 9.11. The summed E-state index contributed by atoms with van der Waals surface area (Å²) in [5.41, 5.74) is -0.221. The molecule has 1 unspecified atom stereocenters. The zero-order chi connectivity index (χ0) is 13.8. The summed E-state index contributed by atoms with van der Waals surface area (Å²) in [6.07, 6.45) is 3.16. The Hall–Kier alpha value is -1.89. The largest absolute Gasteiger partial charge is 0.477 e. The van der Waals surface area contributed by atoms with Gasteiger partial charge in [-0.15, -0.1) is 0 Å². The number of carbonyl (C=O) groups excluding carboxylic acids is 1. The van der Waals surface area contributed by atoms with Crippen LogP contribution in [0.4, 0.5) is 0 Å². The number of aromatic amines is 1. The molecule has 1 atom stereocenters. The molecule has 1 aliphatic rings. The zero-order valence-corrected chi connectivity index (χ0v) is 10.8. The highest BCUT2D eigenvalue weighted by molar-refractivity contribution is 6.02. The predicted molar refractivity (Wildman–Crippen MR) is 68.1 cm³/mol. The minimum Gasteiger partial charge on any atom is -0.477 e. The molecule has 2 heterocycles. The Morgan fingerprint density at radius 1 is 1.63 bits per heavy atom. The number of rotatable bonds is 4. The zero-order valence-electron chi connectivity index (χ0n) is 10.8. The standard InChI is InChI=1S/C12H18N4O3/c1-2-16-5-3-4-8(6-16)15-11(17)9-10(12(18)19)14-7-13-9/h7-8H,2-6H2,1H3,(H,13,14)(H,15,17)(H,18,19). The fourth-order valence-corrected chi connectivity index (χ4v) is 2.34. The number of likely N-dealkylation sites (N-methyl/N-ethyl adjacent to an activating group) is 1. The smallest absolute Gasteiger partial charge is 0.354 e. The van der Waals surface area contributed by atoms with Crippen molar-refractivity contribution >= 4 is 11.9 Å². The number of nitrogens with one attached hydrogen (secondary N) is 2. The number of nitrogens with zero attached hydrogens (tertiary/aromatic N) is 2. The van der Waals surface area contributed by atoms with E-state index in [9.17, 15) is 9.59 Å². The van der Waals surface area contributed by atoms with Gasteiger partial charge in [0, 0.05) is 12.6 Å². The van der Waals surface area contributed by atoms with Gasteiger partial charge in [-0.05, 0) is 25.9 Å². The summed E-state index contributed by atoms with van der Waals surface area (Å²) in [6, 6.07) is 0.0551. The van der Waals surface area contributed by atoms with E-state index in [4.69, 9.17) is 5.11 Å². The van der Waals surface area contributed by atoms with E-state index in [1.165, 1.54) is 6.33 Å². The van der Waals surface area contributed by atoms with Gasteiger partial charge in [-0.25, -0.2) is 9.78 Å². The van der Waals surface area contributed by atoms with Crippen LogP contribution in [0, 0.1) is 0 Å². The van der Waals surface area contributed by atoms with Gasteiger partial charge in [0.2, 0.25) is 0 Å². The maximum Gasteiger partial charge on any atom is 0.354 e. The maximum absolute atomic E-state index is 12.0. The van der Waals surface area contributed by atoms with E-state index in [-0.39, 0.29) is 17.4 Å². The van der Waals surface area contributed by atoms with Crippen molar-refractivity contribution in [3.05, 3.63) is 17.7 Å². The number of piperidine rings is 1. The van der Waals surface area contributed by atoms with Crippen LogP contribution in [-0.4, -0.2) is 57.5 Å². The number of imidazole rings is 1. The van der Waals surface area contributed by atoms with Crippen LogP contribution in [0.15, 0.2) is 6.33 Å². The van der Waals surface area contributed by atoms with Crippen LogP contribution in [0.2, 0.25) is 0 Å². The molecule has 0 spiro atoms. The molecule has 1 aromatic heterocycles.